The molecule has 26 heavy (non-hydrogen) atoms. The van der Waals surface area contributed by atoms with Crippen molar-refractivity contribution in [1.82, 2.24) is 9.97 Å². The highest BCUT2D eigenvalue weighted by Gasteiger charge is 2.18. The third kappa shape index (κ3) is 3.94. The number of nitrogens with one attached hydrogen (secondary N) is 1. The van der Waals surface area contributed by atoms with E-state index in [2.05, 4.69) is 44.5 Å². The van der Waals surface area contributed by atoms with Gasteiger partial charge in [-0.1, -0.05) is 42.5 Å². The maximum absolute atomic E-state index is 5.70. The van der Waals surface area contributed by atoms with Gasteiger partial charge in [-0.3, -0.25) is 0 Å². The Morgan fingerprint density at radius 3 is 2.65 bits per heavy atom. The first-order valence-electron chi connectivity index (χ1n) is 8.95. The fourth-order valence-electron chi connectivity index (χ4n) is 3.13. The average Bonchev–Trinajstić information content (AvgIpc) is 2.72. The van der Waals surface area contributed by atoms with Gasteiger partial charge < -0.3 is 15.0 Å². The molecular weight excluding hydrogens is 324 g/mol. The Balaban J connectivity index is 1.34. The summed E-state index contributed by atoms with van der Waals surface area (Å²) in [7, 11) is 0. The molecule has 2 heterocycles. The molecule has 0 unspecified atom stereocenters. The molecule has 0 spiro atoms. The van der Waals surface area contributed by atoms with Gasteiger partial charge in [0.05, 0.1) is 6.54 Å². The first-order valence-corrected chi connectivity index (χ1v) is 8.95. The molecule has 0 saturated carbocycles. The lowest BCUT2D eigenvalue weighted by Gasteiger charge is -2.28. The number of nitrogens with zero attached hydrogens (tertiary/aromatic N) is 3. The number of para-hydroxylation sites is 1. The standard InChI is InChI=1S/C21H22N4O/c1-2-8-19(9-3-1)26-15-13-22-20-10-12-23-21(24-20)25-14-11-17-6-4-5-7-18(17)16-25/h1-10,12H,11,13-16H2,(H,22,23,24). The lowest BCUT2D eigenvalue weighted by atomic mass is 10.0. The molecule has 0 fully saturated rings. The van der Waals surface area contributed by atoms with E-state index >= 15 is 0 Å². The first-order chi connectivity index (χ1) is 12.9. The quantitative estimate of drug-likeness (QED) is 0.692. The average molecular weight is 346 g/mol. The van der Waals surface area contributed by atoms with Gasteiger partial charge in [0.1, 0.15) is 18.2 Å². The Labute approximate surface area is 153 Å². The number of rotatable bonds is 6. The molecule has 2 aromatic carbocycles. The Morgan fingerprint density at radius 1 is 0.962 bits per heavy atom. The largest absolute Gasteiger partial charge is 0.492 e. The van der Waals surface area contributed by atoms with Gasteiger partial charge in [-0.2, -0.15) is 4.98 Å². The molecule has 1 aliphatic heterocycles. The van der Waals surface area contributed by atoms with Crippen molar-refractivity contribution >= 4 is 11.8 Å². The zero-order valence-corrected chi connectivity index (χ0v) is 14.6. The lowest BCUT2D eigenvalue weighted by molar-refractivity contribution is 0.333. The molecule has 3 aromatic rings. The second-order valence-corrected chi connectivity index (χ2v) is 6.27. The fraction of sp³-hybridized carbons (Fsp3) is 0.238. The van der Waals surface area contributed by atoms with Crippen LogP contribution in [-0.4, -0.2) is 29.7 Å². The summed E-state index contributed by atoms with van der Waals surface area (Å²) < 4.78 is 5.70. The number of benzene rings is 2. The zero-order chi connectivity index (χ0) is 17.6. The van der Waals surface area contributed by atoms with Crippen molar-refractivity contribution in [2.45, 2.75) is 13.0 Å². The van der Waals surface area contributed by atoms with Gasteiger partial charge in [0.25, 0.3) is 0 Å². The molecule has 5 nitrogen and oxygen atoms in total. The summed E-state index contributed by atoms with van der Waals surface area (Å²) in [5.41, 5.74) is 2.79. The summed E-state index contributed by atoms with van der Waals surface area (Å²) in [6, 6.07) is 20.3. The molecule has 1 aromatic heterocycles. The smallest absolute Gasteiger partial charge is 0.227 e. The molecule has 0 radical (unpaired) electrons. The molecule has 0 bridgehead atoms. The highest BCUT2D eigenvalue weighted by atomic mass is 16.5. The summed E-state index contributed by atoms with van der Waals surface area (Å²) in [6.07, 6.45) is 2.84. The Kier molecular flexibility index (Phi) is 4.96. The molecule has 0 saturated heterocycles. The van der Waals surface area contributed by atoms with Crippen molar-refractivity contribution in [2.75, 3.05) is 29.9 Å². The number of anilines is 2. The summed E-state index contributed by atoms with van der Waals surface area (Å²) in [6.45, 7) is 3.07. The fourth-order valence-corrected chi connectivity index (χ4v) is 3.13. The topological polar surface area (TPSA) is 50.3 Å². The van der Waals surface area contributed by atoms with Gasteiger partial charge >= 0.3 is 0 Å². The predicted octanol–water partition coefficient (Wildman–Crippen LogP) is 3.53. The molecule has 0 aliphatic carbocycles. The third-order valence-corrected chi connectivity index (χ3v) is 4.48. The van der Waals surface area contributed by atoms with Gasteiger partial charge in [-0.15, -0.1) is 0 Å². The van der Waals surface area contributed by atoms with Crippen LogP contribution < -0.4 is 15.0 Å². The summed E-state index contributed by atoms with van der Waals surface area (Å²) in [5.74, 6) is 2.48. The Morgan fingerprint density at radius 2 is 1.77 bits per heavy atom. The minimum absolute atomic E-state index is 0.584. The minimum atomic E-state index is 0.584. The molecule has 1 N–H and O–H groups in total. The van der Waals surface area contributed by atoms with Crippen LogP contribution in [0.4, 0.5) is 11.8 Å². The van der Waals surface area contributed by atoms with E-state index in [0.717, 1.165) is 37.0 Å². The van der Waals surface area contributed by atoms with E-state index in [9.17, 15) is 0 Å². The Hall–Kier alpha value is -3.08. The number of hydrogen-bond donors (Lipinski definition) is 1. The van der Waals surface area contributed by atoms with Crippen LogP contribution in [0.3, 0.4) is 0 Å². The van der Waals surface area contributed by atoms with Gasteiger partial charge in [0, 0.05) is 19.3 Å². The van der Waals surface area contributed by atoms with Gasteiger partial charge in [-0.25, -0.2) is 4.98 Å². The van der Waals surface area contributed by atoms with Crippen molar-refractivity contribution in [2.24, 2.45) is 0 Å². The van der Waals surface area contributed by atoms with E-state index in [1.165, 1.54) is 11.1 Å². The highest BCUT2D eigenvalue weighted by molar-refractivity contribution is 5.44. The molecule has 5 heteroatoms. The van der Waals surface area contributed by atoms with Gasteiger partial charge in [0.15, 0.2) is 0 Å². The maximum Gasteiger partial charge on any atom is 0.227 e. The highest BCUT2D eigenvalue weighted by Crippen LogP contribution is 2.22. The van der Waals surface area contributed by atoms with E-state index in [1.54, 1.807) is 0 Å². The molecule has 4 rings (SSSR count). The monoisotopic (exact) mass is 346 g/mol. The van der Waals surface area contributed by atoms with Crippen molar-refractivity contribution in [3.8, 4) is 5.75 Å². The van der Waals surface area contributed by atoms with Crippen LogP contribution in [0.15, 0.2) is 66.9 Å². The SMILES string of the molecule is c1ccc(OCCNc2ccnc(N3CCc4ccccc4C3)n2)cc1. The van der Waals surface area contributed by atoms with Crippen LogP contribution >= 0.6 is 0 Å². The second-order valence-electron chi connectivity index (χ2n) is 6.27. The van der Waals surface area contributed by atoms with Crippen molar-refractivity contribution in [3.63, 3.8) is 0 Å². The number of hydrogen-bond acceptors (Lipinski definition) is 5. The number of aromatic nitrogens is 2. The molecule has 1 aliphatic rings. The minimum Gasteiger partial charge on any atom is -0.492 e. The van der Waals surface area contributed by atoms with E-state index in [0.29, 0.717) is 13.2 Å². The first kappa shape index (κ1) is 16.4. The number of ether oxygens (including phenoxy) is 1. The van der Waals surface area contributed by atoms with Crippen molar-refractivity contribution in [1.29, 1.82) is 0 Å². The molecule has 0 atom stereocenters. The van der Waals surface area contributed by atoms with E-state index in [-0.39, 0.29) is 0 Å². The molecule has 132 valence electrons. The van der Waals surface area contributed by atoms with E-state index < -0.39 is 0 Å². The van der Waals surface area contributed by atoms with Crippen LogP contribution in [-0.2, 0) is 13.0 Å². The van der Waals surface area contributed by atoms with Crippen LogP contribution in [0.2, 0.25) is 0 Å². The van der Waals surface area contributed by atoms with Gasteiger partial charge in [0.2, 0.25) is 5.95 Å². The maximum atomic E-state index is 5.70. The van der Waals surface area contributed by atoms with E-state index in [1.807, 2.05) is 42.6 Å². The van der Waals surface area contributed by atoms with Crippen LogP contribution in [0.25, 0.3) is 0 Å². The van der Waals surface area contributed by atoms with Crippen molar-refractivity contribution < 1.29 is 4.74 Å². The molecular formula is C21H22N4O. The molecule has 0 amide bonds. The number of fused-ring (bicyclic) bond motifs is 1. The second kappa shape index (κ2) is 7.87. The van der Waals surface area contributed by atoms with E-state index in [4.69, 9.17) is 4.74 Å². The van der Waals surface area contributed by atoms with Crippen LogP contribution in [0.1, 0.15) is 11.1 Å². The predicted molar refractivity (Wildman–Crippen MR) is 104 cm³/mol. The Bertz CT molecular complexity index is 853. The van der Waals surface area contributed by atoms with Crippen molar-refractivity contribution in [3.05, 3.63) is 78.0 Å². The normalized spacial score (nSPS) is 13.2. The summed E-state index contributed by atoms with van der Waals surface area (Å²) in [4.78, 5) is 11.3. The zero-order valence-electron chi connectivity index (χ0n) is 14.6. The lowest BCUT2D eigenvalue weighted by Crippen LogP contribution is -2.31. The summed E-state index contributed by atoms with van der Waals surface area (Å²) >= 11 is 0. The summed E-state index contributed by atoms with van der Waals surface area (Å²) in [5, 5.41) is 3.31. The van der Waals surface area contributed by atoms with Crippen LogP contribution in [0, 0.1) is 0 Å². The van der Waals surface area contributed by atoms with Gasteiger partial charge in [-0.05, 0) is 35.7 Å². The third-order valence-electron chi connectivity index (χ3n) is 4.48. The van der Waals surface area contributed by atoms with Crippen LogP contribution in [0.5, 0.6) is 5.75 Å².